The molecule has 0 radical (unpaired) electrons. The highest BCUT2D eigenvalue weighted by molar-refractivity contribution is 5.89. The van der Waals surface area contributed by atoms with Crippen molar-refractivity contribution in [3.05, 3.63) is 29.8 Å². The smallest absolute Gasteiger partial charge is 0.321 e. The van der Waals surface area contributed by atoms with Gasteiger partial charge in [-0.2, -0.15) is 0 Å². The van der Waals surface area contributed by atoms with Crippen molar-refractivity contribution < 1.29 is 9.90 Å². The summed E-state index contributed by atoms with van der Waals surface area (Å²) < 4.78 is 0. The topological polar surface area (TPSA) is 52.6 Å². The van der Waals surface area contributed by atoms with Crippen LogP contribution in [-0.4, -0.2) is 35.7 Å². The molecule has 0 aliphatic rings. The van der Waals surface area contributed by atoms with E-state index >= 15 is 0 Å². The third kappa shape index (κ3) is 5.30. The standard InChI is InChI=1S/C15H24N2O2/c1-4-7-13-8-5-6-9-14(13)16-15(19)17(3)11-10-12(2)18/h5-6,8-9,12,18H,4,7,10-11H2,1-3H3,(H,16,19). The number of rotatable bonds is 6. The Balaban J connectivity index is 2.60. The van der Waals surface area contributed by atoms with Gasteiger partial charge in [0.1, 0.15) is 0 Å². The van der Waals surface area contributed by atoms with Crippen LogP contribution in [0.5, 0.6) is 0 Å². The van der Waals surface area contributed by atoms with Crippen LogP contribution in [0.25, 0.3) is 0 Å². The van der Waals surface area contributed by atoms with E-state index in [1.54, 1.807) is 18.9 Å². The minimum atomic E-state index is -0.386. The summed E-state index contributed by atoms with van der Waals surface area (Å²) in [6, 6.07) is 7.73. The molecular formula is C15H24N2O2. The summed E-state index contributed by atoms with van der Waals surface area (Å²) in [6.45, 7) is 4.38. The van der Waals surface area contributed by atoms with Crippen LogP contribution in [0.4, 0.5) is 10.5 Å². The lowest BCUT2D eigenvalue weighted by atomic mass is 10.1. The Hall–Kier alpha value is -1.55. The molecule has 0 aliphatic heterocycles. The predicted molar refractivity (Wildman–Crippen MR) is 78.4 cm³/mol. The number of aliphatic hydroxyl groups excluding tert-OH is 1. The fourth-order valence-electron chi connectivity index (χ4n) is 1.82. The zero-order valence-electron chi connectivity index (χ0n) is 12.0. The van der Waals surface area contributed by atoms with Gasteiger partial charge in [-0.05, 0) is 31.4 Å². The third-order valence-corrected chi connectivity index (χ3v) is 3.01. The first kappa shape index (κ1) is 15.5. The van der Waals surface area contributed by atoms with Gasteiger partial charge in [-0.3, -0.25) is 0 Å². The van der Waals surface area contributed by atoms with Gasteiger partial charge in [0.05, 0.1) is 6.10 Å². The second kappa shape index (κ2) is 7.79. The summed E-state index contributed by atoms with van der Waals surface area (Å²) in [5, 5.41) is 12.2. The van der Waals surface area contributed by atoms with Crippen molar-refractivity contribution in [2.45, 2.75) is 39.2 Å². The normalized spacial score (nSPS) is 12.0. The van der Waals surface area contributed by atoms with E-state index in [4.69, 9.17) is 0 Å². The van der Waals surface area contributed by atoms with Crippen molar-refractivity contribution >= 4 is 11.7 Å². The number of amides is 2. The molecule has 0 aromatic heterocycles. The van der Waals surface area contributed by atoms with E-state index in [0.717, 1.165) is 24.1 Å². The summed E-state index contributed by atoms with van der Waals surface area (Å²) in [7, 11) is 1.74. The number of hydrogen-bond acceptors (Lipinski definition) is 2. The van der Waals surface area contributed by atoms with Crippen LogP contribution >= 0.6 is 0 Å². The maximum Gasteiger partial charge on any atom is 0.321 e. The maximum absolute atomic E-state index is 12.0. The van der Waals surface area contributed by atoms with Crippen molar-refractivity contribution in [2.24, 2.45) is 0 Å². The minimum Gasteiger partial charge on any atom is -0.393 e. The van der Waals surface area contributed by atoms with Gasteiger partial charge < -0.3 is 15.3 Å². The van der Waals surface area contributed by atoms with E-state index in [2.05, 4.69) is 12.2 Å². The van der Waals surface area contributed by atoms with Gasteiger partial charge in [-0.25, -0.2) is 4.79 Å². The van der Waals surface area contributed by atoms with Crippen molar-refractivity contribution in [1.82, 2.24) is 4.90 Å². The predicted octanol–water partition coefficient (Wildman–Crippen LogP) is 2.87. The minimum absolute atomic E-state index is 0.135. The second-order valence-electron chi connectivity index (χ2n) is 4.90. The molecule has 0 heterocycles. The average Bonchev–Trinajstić information content (AvgIpc) is 2.38. The number of urea groups is 1. The number of carbonyl (C=O) groups is 1. The van der Waals surface area contributed by atoms with E-state index in [1.165, 1.54) is 0 Å². The number of benzene rings is 1. The number of nitrogens with one attached hydrogen (secondary N) is 1. The molecule has 0 aliphatic carbocycles. The fraction of sp³-hybridized carbons (Fsp3) is 0.533. The molecule has 0 bridgehead atoms. The van der Waals surface area contributed by atoms with Crippen LogP contribution in [-0.2, 0) is 6.42 Å². The van der Waals surface area contributed by atoms with Crippen molar-refractivity contribution in [3.63, 3.8) is 0 Å². The zero-order chi connectivity index (χ0) is 14.3. The highest BCUT2D eigenvalue weighted by atomic mass is 16.3. The molecule has 0 saturated heterocycles. The average molecular weight is 264 g/mol. The van der Waals surface area contributed by atoms with E-state index in [1.807, 2.05) is 24.3 Å². The molecule has 4 heteroatoms. The van der Waals surface area contributed by atoms with E-state index in [0.29, 0.717) is 13.0 Å². The Morgan fingerprint density at radius 3 is 2.74 bits per heavy atom. The van der Waals surface area contributed by atoms with Crippen LogP contribution in [0.2, 0.25) is 0 Å². The SMILES string of the molecule is CCCc1ccccc1NC(=O)N(C)CCC(C)O. The molecule has 106 valence electrons. The molecule has 2 N–H and O–H groups in total. The van der Waals surface area contributed by atoms with Gasteiger partial charge in [0.2, 0.25) is 0 Å². The Morgan fingerprint density at radius 1 is 1.42 bits per heavy atom. The van der Waals surface area contributed by atoms with Crippen LogP contribution in [0, 0.1) is 0 Å². The number of aliphatic hydroxyl groups is 1. The first-order valence-electron chi connectivity index (χ1n) is 6.82. The first-order valence-corrected chi connectivity index (χ1v) is 6.82. The number of nitrogens with zero attached hydrogens (tertiary/aromatic N) is 1. The zero-order valence-corrected chi connectivity index (χ0v) is 12.0. The molecular weight excluding hydrogens is 240 g/mol. The van der Waals surface area contributed by atoms with Gasteiger partial charge in [0.15, 0.2) is 0 Å². The van der Waals surface area contributed by atoms with Crippen molar-refractivity contribution in [2.75, 3.05) is 18.9 Å². The number of hydrogen-bond donors (Lipinski definition) is 2. The van der Waals surface area contributed by atoms with Crippen molar-refractivity contribution in [1.29, 1.82) is 0 Å². The molecule has 4 nitrogen and oxygen atoms in total. The van der Waals surface area contributed by atoms with Crippen molar-refractivity contribution in [3.8, 4) is 0 Å². The Bertz CT molecular complexity index is 405. The molecule has 0 fully saturated rings. The second-order valence-corrected chi connectivity index (χ2v) is 4.90. The van der Waals surface area contributed by atoms with Gasteiger partial charge in [-0.15, -0.1) is 0 Å². The number of carbonyl (C=O) groups excluding carboxylic acids is 1. The largest absolute Gasteiger partial charge is 0.393 e. The molecule has 1 atom stereocenters. The van der Waals surface area contributed by atoms with Gasteiger partial charge in [-0.1, -0.05) is 31.5 Å². The summed E-state index contributed by atoms with van der Waals surface area (Å²) >= 11 is 0. The first-order chi connectivity index (χ1) is 9.04. The summed E-state index contributed by atoms with van der Waals surface area (Å²) in [5.41, 5.74) is 2.03. The Kier molecular flexibility index (Phi) is 6.36. The molecule has 1 aromatic carbocycles. The highest BCUT2D eigenvalue weighted by Gasteiger charge is 2.11. The fourth-order valence-corrected chi connectivity index (χ4v) is 1.82. The van der Waals surface area contributed by atoms with Crippen LogP contribution in [0.1, 0.15) is 32.3 Å². The van der Waals surface area contributed by atoms with E-state index < -0.39 is 0 Å². The van der Waals surface area contributed by atoms with Gasteiger partial charge in [0.25, 0.3) is 0 Å². The quantitative estimate of drug-likeness (QED) is 0.830. The van der Waals surface area contributed by atoms with Crippen LogP contribution in [0.15, 0.2) is 24.3 Å². The van der Waals surface area contributed by atoms with Crippen LogP contribution < -0.4 is 5.32 Å². The molecule has 2 amide bonds. The maximum atomic E-state index is 12.0. The lowest BCUT2D eigenvalue weighted by Crippen LogP contribution is -2.33. The number of para-hydroxylation sites is 1. The van der Waals surface area contributed by atoms with E-state index in [-0.39, 0.29) is 12.1 Å². The molecule has 1 unspecified atom stereocenters. The molecule has 1 aromatic rings. The summed E-state index contributed by atoms with van der Waals surface area (Å²) in [6.07, 6.45) is 2.20. The van der Waals surface area contributed by atoms with Gasteiger partial charge in [0, 0.05) is 19.3 Å². The highest BCUT2D eigenvalue weighted by Crippen LogP contribution is 2.17. The molecule has 1 rings (SSSR count). The monoisotopic (exact) mass is 264 g/mol. The molecule has 19 heavy (non-hydrogen) atoms. The lowest BCUT2D eigenvalue weighted by molar-refractivity contribution is 0.167. The lowest BCUT2D eigenvalue weighted by Gasteiger charge is -2.19. The summed E-state index contributed by atoms with van der Waals surface area (Å²) in [5.74, 6) is 0. The number of aryl methyl sites for hydroxylation is 1. The molecule has 0 spiro atoms. The van der Waals surface area contributed by atoms with Crippen LogP contribution in [0.3, 0.4) is 0 Å². The van der Waals surface area contributed by atoms with E-state index in [9.17, 15) is 9.90 Å². The summed E-state index contributed by atoms with van der Waals surface area (Å²) in [4.78, 5) is 13.6. The number of anilines is 1. The Morgan fingerprint density at radius 2 is 2.11 bits per heavy atom. The molecule has 0 saturated carbocycles. The Labute approximate surface area is 115 Å². The third-order valence-electron chi connectivity index (χ3n) is 3.01. The van der Waals surface area contributed by atoms with Gasteiger partial charge >= 0.3 is 6.03 Å².